The van der Waals surface area contributed by atoms with Gasteiger partial charge in [-0.2, -0.15) is 0 Å². The van der Waals surface area contributed by atoms with Gasteiger partial charge in [0.15, 0.2) is 0 Å². The average Bonchev–Trinajstić information content (AvgIpc) is 2.06. The van der Waals surface area contributed by atoms with Crippen molar-refractivity contribution in [2.24, 2.45) is 4.36 Å². The SMILES string of the molecule is CN=S(C)(=O)Cc1ccccc1. The van der Waals surface area contributed by atoms with E-state index >= 15 is 0 Å². The van der Waals surface area contributed by atoms with Crippen molar-refractivity contribution in [1.29, 1.82) is 0 Å². The molecule has 0 aliphatic rings. The van der Waals surface area contributed by atoms with Crippen molar-refractivity contribution in [2.75, 3.05) is 13.3 Å². The minimum atomic E-state index is -2.00. The lowest BCUT2D eigenvalue weighted by Crippen LogP contribution is -2.00. The van der Waals surface area contributed by atoms with Crippen LogP contribution < -0.4 is 0 Å². The van der Waals surface area contributed by atoms with Crippen LogP contribution in [0.4, 0.5) is 0 Å². The molecule has 12 heavy (non-hydrogen) atoms. The molecule has 3 heteroatoms. The minimum absolute atomic E-state index is 0.546. The van der Waals surface area contributed by atoms with Crippen LogP contribution in [0, 0.1) is 0 Å². The minimum Gasteiger partial charge on any atom is -0.250 e. The Hall–Kier alpha value is -0.830. The molecule has 1 aromatic rings. The van der Waals surface area contributed by atoms with E-state index in [4.69, 9.17) is 0 Å². The van der Waals surface area contributed by atoms with Gasteiger partial charge in [-0.15, -0.1) is 0 Å². The van der Waals surface area contributed by atoms with Crippen LogP contribution in [0.15, 0.2) is 34.7 Å². The highest BCUT2D eigenvalue weighted by Gasteiger charge is 2.00. The van der Waals surface area contributed by atoms with Crippen LogP contribution in [-0.4, -0.2) is 17.5 Å². The van der Waals surface area contributed by atoms with Crippen molar-refractivity contribution >= 4 is 9.73 Å². The van der Waals surface area contributed by atoms with E-state index in [1.807, 2.05) is 30.3 Å². The standard InChI is InChI=1S/C9H13NOS/c1-10-12(2,11)8-9-6-4-3-5-7-9/h3-7H,8H2,1-2H3. The van der Waals surface area contributed by atoms with Crippen molar-refractivity contribution in [3.05, 3.63) is 35.9 Å². The molecule has 1 aromatic carbocycles. The lowest BCUT2D eigenvalue weighted by Gasteiger charge is -2.01. The number of hydrogen-bond donors (Lipinski definition) is 0. The van der Waals surface area contributed by atoms with Crippen molar-refractivity contribution in [1.82, 2.24) is 0 Å². The third kappa shape index (κ3) is 2.66. The van der Waals surface area contributed by atoms with Gasteiger partial charge in [0.05, 0.1) is 5.75 Å². The van der Waals surface area contributed by atoms with Gasteiger partial charge in [0, 0.05) is 23.0 Å². The molecule has 0 aliphatic carbocycles. The van der Waals surface area contributed by atoms with Gasteiger partial charge in [0.2, 0.25) is 0 Å². The second kappa shape index (κ2) is 3.72. The van der Waals surface area contributed by atoms with Crippen LogP contribution in [0.1, 0.15) is 5.56 Å². The highest BCUT2D eigenvalue weighted by atomic mass is 32.2. The third-order valence-corrected chi connectivity index (χ3v) is 3.30. The molecule has 0 spiro atoms. The Labute approximate surface area is 73.8 Å². The van der Waals surface area contributed by atoms with Crippen LogP contribution in [0.3, 0.4) is 0 Å². The van der Waals surface area contributed by atoms with Crippen LogP contribution in [0.25, 0.3) is 0 Å². The zero-order valence-electron chi connectivity index (χ0n) is 7.36. The van der Waals surface area contributed by atoms with Gasteiger partial charge in [-0.3, -0.25) is 0 Å². The lowest BCUT2D eigenvalue weighted by molar-refractivity contribution is 0.679. The number of nitrogens with zero attached hydrogens (tertiary/aromatic N) is 1. The molecule has 0 amide bonds. The molecule has 0 fully saturated rings. The van der Waals surface area contributed by atoms with E-state index in [9.17, 15) is 4.21 Å². The summed E-state index contributed by atoms with van der Waals surface area (Å²) in [7, 11) is -0.395. The number of rotatable bonds is 2. The smallest absolute Gasteiger partial charge is 0.0565 e. The van der Waals surface area contributed by atoms with E-state index in [1.54, 1.807) is 13.3 Å². The fourth-order valence-electron chi connectivity index (χ4n) is 0.948. The Bertz CT molecular complexity index is 350. The molecule has 1 unspecified atom stereocenters. The molecule has 66 valence electrons. The summed E-state index contributed by atoms with van der Waals surface area (Å²) in [6, 6.07) is 9.77. The van der Waals surface area contributed by atoms with Crippen molar-refractivity contribution in [3.63, 3.8) is 0 Å². The summed E-state index contributed by atoms with van der Waals surface area (Å²) in [6.07, 6.45) is 1.68. The van der Waals surface area contributed by atoms with E-state index in [2.05, 4.69) is 4.36 Å². The molecule has 0 heterocycles. The predicted octanol–water partition coefficient (Wildman–Crippen LogP) is 1.91. The number of benzene rings is 1. The van der Waals surface area contributed by atoms with E-state index in [1.165, 1.54) is 0 Å². The molecule has 0 saturated heterocycles. The molecule has 0 N–H and O–H groups in total. The molecular formula is C9H13NOS. The second-order valence-electron chi connectivity index (χ2n) is 2.77. The summed E-state index contributed by atoms with van der Waals surface area (Å²) in [5.74, 6) is 0.546. The van der Waals surface area contributed by atoms with Gasteiger partial charge in [-0.05, 0) is 5.56 Å². The highest BCUT2D eigenvalue weighted by Crippen LogP contribution is 2.05. The monoisotopic (exact) mass is 183 g/mol. The zero-order chi connectivity index (χ0) is 9.03. The summed E-state index contributed by atoms with van der Waals surface area (Å²) in [5, 5.41) is 0. The first-order valence-corrected chi connectivity index (χ1v) is 5.85. The second-order valence-corrected chi connectivity index (χ2v) is 5.34. The maximum absolute atomic E-state index is 11.6. The van der Waals surface area contributed by atoms with Gasteiger partial charge in [-0.1, -0.05) is 30.3 Å². The van der Waals surface area contributed by atoms with E-state index in [-0.39, 0.29) is 0 Å². The fourth-order valence-corrected chi connectivity index (χ4v) is 1.89. The summed E-state index contributed by atoms with van der Waals surface area (Å²) in [6.45, 7) is 0. The Morgan fingerprint density at radius 2 is 1.92 bits per heavy atom. The summed E-state index contributed by atoms with van der Waals surface area (Å²) >= 11 is 0. The summed E-state index contributed by atoms with van der Waals surface area (Å²) < 4.78 is 15.4. The highest BCUT2D eigenvalue weighted by molar-refractivity contribution is 7.92. The molecule has 2 nitrogen and oxygen atoms in total. The van der Waals surface area contributed by atoms with Gasteiger partial charge in [0.25, 0.3) is 0 Å². The molecule has 0 aromatic heterocycles. The first-order valence-electron chi connectivity index (χ1n) is 3.76. The normalized spacial score (nSPS) is 15.2. The zero-order valence-corrected chi connectivity index (χ0v) is 8.17. The molecule has 0 aliphatic heterocycles. The van der Waals surface area contributed by atoms with Crippen LogP contribution in [-0.2, 0) is 15.5 Å². The van der Waals surface area contributed by atoms with Crippen molar-refractivity contribution in [2.45, 2.75) is 5.75 Å². The average molecular weight is 183 g/mol. The van der Waals surface area contributed by atoms with Gasteiger partial charge >= 0.3 is 0 Å². The molecule has 0 radical (unpaired) electrons. The molecule has 1 atom stereocenters. The van der Waals surface area contributed by atoms with E-state index < -0.39 is 9.73 Å². The molecular weight excluding hydrogens is 170 g/mol. The van der Waals surface area contributed by atoms with Gasteiger partial charge in [-0.25, -0.2) is 8.57 Å². The first-order chi connectivity index (χ1) is 5.64. The van der Waals surface area contributed by atoms with Gasteiger partial charge in [0.1, 0.15) is 0 Å². The van der Waals surface area contributed by atoms with E-state index in [0.717, 1.165) is 5.56 Å². The Kier molecular flexibility index (Phi) is 2.87. The number of hydrogen-bond acceptors (Lipinski definition) is 2. The third-order valence-electron chi connectivity index (χ3n) is 1.66. The molecule has 1 rings (SSSR count). The Morgan fingerprint density at radius 3 is 2.42 bits per heavy atom. The first kappa shape index (κ1) is 9.26. The van der Waals surface area contributed by atoms with Crippen LogP contribution in [0.5, 0.6) is 0 Å². The lowest BCUT2D eigenvalue weighted by atomic mass is 10.2. The van der Waals surface area contributed by atoms with Crippen molar-refractivity contribution < 1.29 is 4.21 Å². The van der Waals surface area contributed by atoms with Crippen molar-refractivity contribution in [3.8, 4) is 0 Å². The predicted molar refractivity (Wildman–Crippen MR) is 52.6 cm³/mol. The topological polar surface area (TPSA) is 29.4 Å². The van der Waals surface area contributed by atoms with Crippen LogP contribution in [0.2, 0.25) is 0 Å². The fraction of sp³-hybridized carbons (Fsp3) is 0.333. The van der Waals surface area contributed by atoms with Crippen LogP contribution >= 0.6 is 0 Å². The summed E-state index contributed by atoms with van der Waals surface area (Å²) in [5.41, 5.74) is 1.08. The maximum Gasteiger partial charge on any atom is 0.0565 e. The maximum atomic E-state index is 11.6. The van der Waals surface area contributed by atoms with E-state index in [0.29, 0.717) is 5.75 Å². The quantitative estimate of drug-likeness (QED) is 0.688. The molecule has 0 saturated carbocycles. The summed E-state index contributed by atoms with van der Waals surface area (Å²) in [4.78, 5) is 0. The Balaban J connectivity index is 2.86. The van der Waals surface area contributed by atoms with Gasteiger partial charge < -0.3 is 0 Å². The molecule has 0 bridgehead atoms. The Morgan fingerprint density at radius 1 is 1.33 bits per heavy atom. The largest absolute Gasteiger partial charge is 0.250 e.